The van der Waals surface area contributed by atoms with Gasteiger partial charge in [-0.15, -0.1) is 0 Å². The molecule has 1 heterocycles. The fourth-order valence-corrected chi connectivity index (χ4v) is 3.19. The summed E-state index contributed by atoms with van der Waals surface area (Å²) in [5, 5.41) is 6.03. The van der Waals surface area contributed by atoms with Crippen molar-refractivity contribution in [3.8, 4) is 0 Å². The summed E-state index contributed by atoms with van der Waals surface area (Å²) < 4.78 is 0. The highest BCUT2D eigenvalue weighted by Crippen LogP contribution is 2.15. The van der Waals surface area contributed by atoms with Gasteiger partial charge in [-0.25, -0.2) is 0 Å². The van der Waals surface area contributed by atoms with Gasteiger partial charge in [0.05, 0.1) is 13.1 Å². The number of hydrogen-bond acceptors (Lipinski definition) is 4. The largest absolute Gasteiger partial charge is 0.350 e. The molecule has 0 bridgehead atoms. The Morgan fingerprint density at radius 2 is 1.21 bits per heavy atom. The summed E-state index contributed by atoms with van der Waals surface area (Å²) in [4.78, 5) is 28.7. The van der Waals surface area contributed by atoms with Gasteiger partial charge in [-0.2, -0.15) is 0 Å². The summed E-state index contributed by atoms with van der Waals surface area (Å²) in [5.41, 5.74) is -0.419. The summed E-state index contributed by atoms with van der Waals surface area (Å²) in [7, 11) is 0. The molecule has 0 aliphatic carbocycles. The first kappa shape index (κ1) is 20.9. The first-order valence-corrected chi connectivity index (χ1v) is 8.87. The summed E-state index contributed by atoms with van der Waals surface area (Å²) in [6.45, 7) is 18.6. The van der Waals surface area contributed by atoms with Crippen LogP contribution in [0.15, 0.2) is 0 Å². The van der Waals surface area contributed by atoms with E-state index in [1.165, 1.54) is 0 Å². The number of piperazine rings is 1. The van der Waals surface area contributed by atoms with E-state index < -0.39 is 0 Å². The zero-order valence-electron chi connectivity index (χ0n) is 16.7. The Balaban J connectivity index is 2.55. The van der Waals surface area contributed by atoms with Crippen molar-refractivity contribution < 1.29 is 9.59 Å². The fourth-order valence-electron chi connectivity index (χ4n) is 3.19. The van der Waals surface area contributed by atoms with E-state index in [9.17, 15) is 9.59 Å². The van der Waals surface area contributed by atoms with Gasteiger partial charge in [0.15, 0.2) is 0 Å². The molecule has 0 saturated carbocycles. The first-order valence-electron chi connectivity index (χ1n) is 8.87. The van der Waals surface area contributed by atoms with Crippen LogP contribution in [0.2, 0.25) is 0 Å². The average Bonchev–Trinajstić information content (AvgIpc) is 2.28. The van der Waals surface area contributed by atoms with Crippen LogP contribution in [0.5, 0.6) is 0 Å². The molecule has 6 nitrogen and oxygen atoms in total. The van der Waals surface area contributed by atoms with E-state index in [4.69, 9.17) is 0 Å². The van der Waals surface area contributed by atoms with Crippen LogP contribution in [-0.2, 0) is 9.59 Å². The molecule has 1 saturated heterocycles. The van der Waals surface area contributed by atoms with Crippen molar-refractivity contribution in [2.75, 3.05) is 26.2 Å². The SMILES string of the molecule is C[C@@H]1CN(CC(=O)NC(C)(C)C)C[C@H](C)N1CC(=O)NC(C)(C)C. The lowest BCUT2D eigenvalue weighted by Crippen LogP contribution is -2.60. The normalized spacial score (nSPS) is 23.8. The molecule has 0 spiro atoms. The van der Waals surface area contributed by atoms with Gasteiger partial charge in [-0.3, -0.25) is 19.4 Å². The Kier molecular flexibility index (Phi) is 6.82. The van der Waals surface area contributed by atoms with Crippen molar-refractivity contribution in [2.24, 2.45) is 0 Å². The summed E-state index contributed by atoms with van der Waals surface area (Å²) in [6, 6.07) is 0.476. The molecule has 1 fully saturated rings. The standard InChI is InChI=1S/C18H36N4O2/c1-13-9-21(11-15(23)19-17(3,4)5)10-14(2)22(13)12-16(24)20-18(6,7)8/h13-14H,9-12H2,1-8H3,(H,19,23)(H,20,24)/t13-,14+. The summed E-state index contributed by atoms with van der Waals surface area (Å²) >= 11 is 0. The molecular weight excluding hydrogens is 304 g/mol. The number of nitrogens with one attached hydrogen (secondary N) is 2. The van der Waals surface area contributed by atoms with E-state index in [0.717, 1.165) is 13.1 Å². The maximum atomic E-state index is 12.2. The predicted octanol–water partition coefficient (Wildman–Crippen LogP) is 1.21. The smallest absolute Gasteiger partial charge is 0.234 e. The van der Waals surface area contributed by atoms with Crippen LogP contribution in [0.1, 0.15) is 55.4 Å². The van der Waals surface area contributed by atoms with Gasteiger partial charge in [0.25, 0.3) is 0 Å². The zero-order chi connectivity index (χ0) is 18.7. The van der Waals surface area contributed by atoms with Crippen LogP contribution < -0.4 is 10.6 Å². The van der Waals surface area contributed by atoms with Crippen molar-refractivity contribution in [3.05, 3.63) is 0 Å². The van der Waals surface area contributed by atoms with Crippen molar-refractivity contribution in [1.82, 2.24) is 20.4 Å². The van der Waals surface area contributed by atoms with Gasteiger partial charge in [0, 0.05) is 36.3 Å². The molecule has 0 unspecified atom stereocenters. The molecule has 2 N–H and O–H groups in total. The lowest BCUT2D eigenvalue weighted by atomic mass is 10.1. The number of carbonyl (C=O) groups excluding carboxylic acids is 2. The third-order valence-corrected chi connectivity index (χ3v) is 3.90. The minimum Gasteiger partial charge on any atom is -0.350 e. The molecule has 0 radical (unpaired) electrons. The van der Waals surface area contributed by atoms with Crippen molar-refractivity contribution in [3.63, 3.8) is 0 Å². The molecule has 2 atom stereocenters. The molecule has 1 aliphatic heterocycles. The van der Waals surface area contributed by atoms with Crippen LogP contribution in [-0.4, -0.2) is 71.0 Å². The van der Waals surface area contributed by atoms with Gasteiger partial charge < -0.3 is 10.6 Å². The molecular formula is C18H36N4O2. The Bertz CT molecular complexity index is 439. The molecule has 0 aromatic heterocycles. The van der Waals surface area contributed by atoms with E-state index in [1.54, 1.807) is 0 Å². The lowest BCUT2D eigenvalue weighted by Gasteiger charge is -2.44. The van der Waals surface area contributed by atoms with Gasteiger partial charge in [0.1, 0.15) is 0 Å². The second kappa shape index (κ2) is 7.83. The Labute approximate surface area is 147 Å². The van der Waals surface area contributed by atoms with Gasteiger partial charge >= 0.3 is 0 Å². The maximum Gasteiger partial charge on any atom is 0.234 e. The van der Waals surface area contributed by atoms with Crippen LogP contribution in [0.3, 0.4) is 0 Å². The van der Waals surface area contributed by atoms with E-state index in [2.05, 4.69) is 34.3 Å². The molecule has 1 aliphatic rings. The number of hydrogen-bond donors (Lipinski definition) is 2. The Hall–Kier alpha value is -1.14. The highest BCUT2D eigenvalue weighted by Gasteiger charge is 2.32. The molecule has 1 rings (SSSR count). The molecule has 140 valence electrons. The Morgan fingerprint density at radius 3 is 1.58 bits per heavy atom. The Morgan fingerprint density at radius 1 is 0.833 bits per heavy atom. The molecule has 2 amide bonds. The van der Waals surface area contributed by atoms with Crippen molar-refractivity contribution in [2.45, 2.75) is 78.6 Å². The minimum absolute atomic E-state index is 0.0557. The number of rotatable bonds is 4. The predicted molar refractivity (Wildman–Crippen MR) is 97.9 cm³/mol. The minimum atomic E-state index is -0.212. The third-order valence-electron chi connectivity index (χ3n) is 3.90. The number of carbonyl (C=O) groups is 2. The van der Waals surface area contributed by atoms with Gasteiger partial charge in [-0.1, -0.05) is 0 Å². The number of amides is 2. The topological polar surface area (TPSA) is 64.7 Å². The van der Waals surface area contributed by atoms with E-state index in [0.29, 0.717) is 13.1 Å². The van der Waals surface area contributed by atoms with Crippen LogP contribution in [0, 0.1) is 0 Å². The fraction of sp³-hybridized carbons (Fsp3) is 0.889. The summed E-state index contributed by atoms with van der Waals surface area (Å²) in [5.74, 6) is 0.112. The van der Waals surface area contributed by atoms with Gasteiger partial charge in [-0.05, 0) is 55.4 Å². The zero-order valence-corrected chi connectivity index (χ0v) is 16.7. The quantitative estimate of drug-likeness (QED) is 0.807. The lowest BCUT2D eigenvalue weighted by molar-refractivity contribution is -0.128. The van der Waals surface area contributed by atoms with Crippen molar-refractivity contribution >= 4 is 11.8 Å². The van der Waals surface area contributed by atoms with Gasteiger partial charge in [0.2, 0.25) is 11.8 Å². The highest BCUT2D eigenvalue weighted by molar-refractivity contribution is 5.79. The van der Waals surface area contributed by atoms with Crippen LogP contribution in [0.25, 0.3) is 0 Å². The van der Waals surface area contributed by atoms with E-state index >= 15 is 0 Å². The third kappa shape index (κ3) is 7.62. The molecule has 24 heavy (non-hydrogen) atoms. The highest BCUT2D eigenvalue weighted by atomic mass is 16.2. The van der Waals surface area contributed by atoms with E-state index in [1.807, 2.05) is 41.5 Å². The maximum absolute atomic E-state index is 12.2. The van der Waals surface area contributed by atoms with E-state index in [-0.39, 0.29) is 35.0 Å². The number of nitrogens with zero attached hydrogens (tertiary/aromatic N) is 2. The van der Waals surface area contributed by atoms with Crippen LogP contribution in [0.4, 0.5) is 0 Å². The summed E-state index contributed by atoms with van der Waals surface area (Å²) in [6.07, 6.45) is 0. The molecule has 0 aromatic carbocycles. The molecule has 0 aromatic rings. The van der Waals surface area contributed by atoms with Crippen LogP contribution >= 0.6 is 0 Å². The second-order valence-electron chi connectivity index (χ2n) is 9.16. The van der Waals surface area contributed by atoms with Crippen molar-refractivity contribution in [1.29, 1.82) is 0 Å². The molecule has 6 heteroatoms. The first-order chi connectivity index (χ1) is 10.8. The second-order valence-corrected chi connectivity index (χ2v) is 9.16. The average molecular weight is 341 g/mol. The monoisotopic (exact) mass is 340 g/mol.